The van der Waals surface area contributed by atoms with E-state index in [4.69, 9.17) is 33.0 Å². The Kier molecular flexibility index (Phi) is 0.460. The molecule has 0 radical (unpaired) electrons. The summed E-state index contributed by atoms with van der Waals surface area (Å²) in [5.74, 6) is -1.99. The van der Waals surface area contributed by atoms with Gasteiger partial charge in [-0.2, -0.15) is 0 Å². The molecule has 0 bridgehead atoms. The van der Waals surface area contributed by atoms with Gasteiger partial charge < -0.3 is 5.11 Å². The van der Waals surface area contributed by atoms with Gasteiger partial charge in [0.1, 0.15) is 5.75 Å². The van der Waals surface area contributed by atoms with Crippen LogP contribution in [-0.2, 0) is 10.8 Å². The molecular weight excluding hydrogens is 196 g/mol. The summed E-state index contributed by atoms with van der Waals surface area (Å²) in [7, 11) is 0. The summed E-state index contributed by atoms with van der Waals surface area (Å²) >= 11 is 0. The highest BCUT2D eigenvalue weighted by atomic mass is 16.3. The van der Waals surface area contributed by atoms with Crippen molar-refractivity contribution in [3.8, 4) is 5.75 Å². The fraction of sp³-hybridized carbons (Fsp3) is 0.600. The Morgan fingerprint density at radius 3 is 1.88 bits per heavy atom. The van der Waals surface area contributed by atoms with Gasteiger partial charge in [0, 0.05) is 28.8 Å². The molecule has 1 aromatic rings. The lowest BCUT2D eigenvalue weighted by atomic mass is 9.78. The van der Waals surface area contributed by atoms with Gasteiger partial charge >= 0.3 is 0 Å². The Balaban J connectivity index is 5.25. The summed E-state index contributed by atoms with van der Waals surface area (Å²) in [4.78, 5) is 0. The number of rotatable bonds is 1. The van der Waals surface area contributed by atoms with Crippen LogP contribution in [0.1, 0.15) is 89.3 Å². The molecule has 0 spiro atoms. The van der Waals surface area contributed by atoms with Crippen LogP contribution in [0.2, 0.25) is 0 Å². The largest absolute Gasteiger partial charge is 0.507 e. The number of hydrogen-bond donors (Lipinski definition) is 1. The third-order valence-corrected chi connectivity index (χ3v) is 1.70. The molecule has 0 aliphatic carbocycles. The Morgan fingerprint density at radius 1 is 1.06 bits per heavy atom. The first-order valence-electron chi connectivity index (χ1n) is 15.9. The molecule has 0 unspecified atom stereocenters. The molecule has 0 atom stereocenters. The third-order valence-electron chi connectivity index (χ3n) is 1.70. The van der Waals surface area contributed by atoms with Gasteiger partial charge in [0.05, 0.1) is 2.74 Å². The minimum atomic E-state index is -4.40. The summed E-state index contributed by atoms with van der Waals surface area (Å²) in [5, 5.41) is 4.22. The first kappa shape index (κ1) is 1.94. The lowest BCUT2D eigenvalue weighted by Crippen LogP contribution is -2.17. The zero-order chi connectivity index (χ0) is 32.7. The van der Waals surface area contributed by atoms with E-state index in [-0.39, 0.29) is 0 Å². The molecule has 16 heavy (non-hydrogen) atoms. The van der Waals surface area contributed by atoms with Crippen LogP contribution in [0.5, 0.6) is 5.75 Å². The van der Waals surface area contributed by atoms with Crippen molar-refractivity contribution in [2.24, 2.45) is 0 Å². The molecule has 1 aromatic carbocycles. The van der Waals surface area contributed by atoms with Gasteiger partial charge in [-0.15, -0.1) is 0 Å². The normalized spacial score (nSPS) is 40.2. The Morgan fingerprint density at radius 2 is 1.56 bits per heavy atom. The average molecular weight is 245 g/mol. The molecular formula is C15H24O. The van der Waals surface area contributed by atoms with Crippen molar-refractivity contribution in [3.63, 3.8) is 0 Å². The molecule has 0 fully saturated rings. The van der Waals surface area contributed by atoms with E-state index < -0.39 is 93.3 Å². The number of hydrogen-bond acceptors (Lipinski definition) is 1. The van der Waals surface area contributed by atoms with Crippen LogP contribution in [0.25, 0.3) is 0 Å². The van der Waals surface area contributed by atoms with Crippen molar-refractivity contribution in [2.75, 3.05) is 0 Å². The summed E-state index contributed by atoms with van der Waals surface area (Å²) < 4.78 is 190. The highest BCUT2D eigenvalue weighted by Crippen LogP contribution is 2.39. The van der Waals surface area contributed by atoms with Crippen LogP contribution in [0.4, 0.5) is 0 Å². The molecule has 0 saturated carbocycles. The zero-order valence-corrected chi connectivity index (χ0v) is 7.91. The minimum Gasteiger partial charge on any atom is -0.507 e. The van der Waals surface area contributed by atoms with Crippen LogP contribution < -0.4 is 0 Å². The Hall–Kier alpha value is -0.980. The van der Waals surface area contributed by atoms with E-state index >= 15 is 0 Å². The average Bonchev–Trinajstić information content (AvgIpc) is 2.57. The third kappa shape index (κ3) is 2.58. The van der Waals surface area contributed by atoms with Crippen molar-refractivity contribution in [1.82, 2.24) is 0 Å². The Bertz CT molecular complexity index is 950. The van der Waals surface area contributed by atoms with Crippen molar-refractivity contribution in [3.05, 3.63) is 28.8 Å². The SMILES string of the molecule is [2H]Oc1c(C(C([2H])([2H])[2H])(C([2H])([2H])[2H])C([2H])([2H])[2H])c([2H])c(C([2H])([2H])[2H])c([2H])c1C(C([2H])([2H])[2H])(C([2H])([2H])[2H])C([2H])([2H])[2H]. The van der Waals surface area contributed by atoms with Crippen LogP contribution in [0.15, 0.2) is 12.1 Å². The number of phenolic OH excluding ortho intramolecular Hbond substituents is 1. The quantitative estimate of drug-likeness (QED) is 0.781. The van der Waals surface area contributed by atoms with E-state index in [1.807, 2.05) is 0 Å². The van der Waals surface area contributed by atoms with Gasteiger partial charge in [0.2, 0.25) is 0 Å². The minimum absolute atomic E-state index is 1.76. The lowest BCUT2D eigenvalue weighted by Gasteiger charge is -2.27. The predicted molar refractivity (Wildman–Crippen MR) is 70.2 cm³/mol. The molecule has 1 nitrogen and oxygen atoms in total. The second-order valence-electron chi connectivity index (χ2n) is 3.20. The summed E-state index contributed by atoms with van der Waals surface area (Å²) in [5.41, 5.74) is -14.6. The molecule has 0 aromatic heterocycles. The molecule has 90 valence electrons. The van der Waals surface area contributed by atoms with Crippen molar-refractivity contribution >= 4 is 0 Å². The van der Waals surface area contributed by atoms with Crippen molar-refractivity contribution in [1.29, 1.82) is 1.43 Å². The van der Waals surface area contributed by atoms with E-state index in [0.717, 1.165) is 0 Å². The van der Waals surface area contributed by atoms with Gasteiger partial charge in [-0.3, -0.25) is 0 Å². The first-order chi connectivity index (χ1) is 17.1. The monoisotopic (exact) mass is 244 g/mol. The van der Waals surface area contributed by atoms with E-state index in [2.05, 4.69) is 5.11 Å². The predicted octanol–water partition coefficient (Wildman–Crippen LogP) is 4.30. The number of benzene rings is 1. The maximum absolute atomic E-state index is 8.44. The smallest absolute Gasteiger partial charge is 0.293 e. The molecule has 0 aliphatic rings. The van der Waals surface area contributed by atoms with Gasteiger partial charge in [0.15, 0.2) is 0 Å². The number of phenols is 1. The molecule has 0 saturated heterocycles. The van der Waals surface area contributed by atoms with Crippen molar-refractivity contribution < 1.29 is 36.6 Å². The maximum Gasteiger partial charge on any atom is 0.293 e. The van der Waals surface area contributed by atoms with Gasteiger partial charge in [-0.25, -0.2) is 0 Å². The topological polar surface area (TPSA) is 20.2 Å². The van der Waals surface area contributed by atoms with E-state index in [9.17, 15) is 0 Å². The Labute approximate surface area is 133 Å². The van der Waals surface area contributed by atoms with Crippen molar-refractivity contribution in [2.45, 2.75) is 58.8 Å². The maximum atomic E-state index is 8.44. The lowest BCUT2D eigenvalue weighted by molar-refractivity contribution is 0.423. The molecule has 0 heterocycles. The van der Waals surface area contributed by atoms with Crippen LogP contribution in [-0.4, -0.2) is 6.54 Å². The first-order valence-corrected chi connectivity index (χ1v) is 3.95. The second kappa shape index (κ2) is 3.80. The highest BCUT2D eigenvalue weighted by molar-refractivity contribution is 5.49. The fourth-order valence-electron chi connectivity index (χ4n) is 1.05. The van der Waals surface area contributed by atoms with Gasteiger partial charge in [-0.05, 0) is 28.8 Å². The van der Waals surface area contributed by atoms with Gasteiger partial charge in [0.25, 0.3) is 1.43 Å². The van der Waals surface area contributed by atoms with Gasteiger partial charge in [-0.1, -0.05) is 58.8 Å². The molecule has 0 amide bonds. The van der Waals surface area contributed by atoms with E-state index in [1.54, 1.807) is 0 Å². The fourth-order valence-corrected chi connectivity index (χ4v) is 1.05. The molecule has 0 aliphatic heterocycles. The summed E-state index contributed by atoms with van der Waals surface area (Å²) in [6, 6.07) is -3.68. The van der Waals surface area contributed by atoms with E-state index in [1.165, 1.54) is 0 Å². The standard InChI is InChI=1S/C15H24O/c1-10-8-11(14(2,3)4)13(16)12(9-10)15(5,6)7/h8-9,16H,1-7H3/i1D3,2D3,3D3,4D3,5D3,6D3,7D3,8D,9D/hD. The van der Waals surface area contributed by atoms with Crippen LogP contribution >= 0.6 is 0 Å². The summed E-state index contributed by atoms with van der Waals surface area (Å²) in [6.07, 6.45) is 0. The second-order valence-corrected chi connectivity index (χ2v) is 3.20. The molecule has 1 rings (SSSR count). The number of aromatic hydroxyl groups is 1. The van der Waals surface area contributed by atoms with Crippen LogP contribution in [0, 0.1) is 6.85 Å². The molecule has 1 N–H and O–H groups in total. The summed E-state index contributed by atoms with van der Waals surface area (Å²) in [6.45, 7) is -29.6. The highest BCUT2D eigenvalue weighted by Gasteiger charge is 2.25. The molecule has 1 heteroatoms. The van der Waals surface area contributed by atoms with E-state index in [0.29, 0.717) is 0 Å². The zero-order valence-electron chi connectivity index (χ0n) is 31.9. The van der Waals surface area contributed by atoms with Crippen LogP contribution in [0.3, 0.4) is 0 Å².